The van der Waals surface area contributed by atoms with Crippen LogP contribution in [-0.2, 0) is 25.9 Å². The van der Waals surface area contributed by atoms with E-state index in [1.165, 1.54) is 0 Å². The van der Waals surface area contributed by atoms with Crippen LogP contribution in [0.25, 0.3) is 0 Å². The summed E-state index contributed by atoms with van der Waals surface area (Å²) in [6.07, 6.45) is 1.70. The lowest BCUT2D eigenvalue weighted by atomic mass is 10.0. The van der Waals surface area contributed by atoms with Gasteiger partial charge in [0.15, 0.2) is 15.7 Å². The number of nitrogens with zero attached hydrogens (tertiary/aromatic N) is 2. The molecule has 16 heavy (non-hydrogen) atoms. The van der Waals surface area contributed by atoms with Crippen molar-refractivity contribution in [3.8, 4) is 0 Å². The summed E-state index contributed by atoms with van der Waals surface area (Å²) < 4.78 is 32.2. The van der Waals surface area contributed by atoms with Crippen molar-refractivity contribution in [3.05, 3.63) is 11.7 Å². The monoisotopic (exact) mass is 247 g/mol. The van der Waals surface area contributed by atoms with Gasteiger partial charge >= 0.3 is 0 Å². The highest BCUT2D eigenvalue weighted by molar-refractivity contribution is 7.89. The number of rotatable bonds is 3. The molecule has 1 aromatic rings. The largest absolute Gasteiger partial charge is 0.379 e. The summed E-state index contributed by atoms with van der Waals surface area (Å²) in [5.74, 6) is 0.130. The Hall–Kier alpha value is -0.990. The lowest BCUT2D eigenvalue weighted by Gasteiger charge is -2.14. The average Bonchev–Trinajstić information content (AvgIpc) is 2.72. The molecule has 1 atom stereocenters. The van der Waals surface area contributed by atoms with Crippen LogP contribution in [-0.4, -0.2) is 38.0 Å². The molecule has 1 unspecified atom stereocenters. The zero-order valence-corrected chi connectivity index (χ0v) is 9.66. The van der Waals surface area contributed by atoms with Gasteiger partial charge < -0.3 is 15.0 Å². The van der Waals surface area contributed by atoms with Crippen LogP contribution < -0.4 is 5.73 Å². The van der Waals surface area contributed by atoms with Crippen molar-refractivity contribution in [1.29, 1.82) is 0 Å². The van der Waals surface area contributed by atoms with E-state index in [4.69, 9.17) is 15.0 Å². The van der Waals surface area contributed by atoms with Gasteiger partial charge in [0, 0.05) is 12.9 Å². The molecule has 0 spiro atoms. The van der Waals surface area contributed by atoms with Crippen molar-refractivity contribution in [1.82, 2.24) is 10.1 Å². The molecule has 1 fully saturated rings. The third-order valence-electron chi connectivity index (χ3n) is 2.34. The van der Waals surface area contributed by atoms with Crippen molar-refractivity contribution in [2.24, 2.45) is 5.73 Å². The van der Waals surface area contributed by atoms with Crippen LogP contribution in [0.1, 0.15) is 18.1 Å². The van der Waals surface area contributed by atoms with Crippen LogP contribution in [0.3, 0.4) is 0 Å². The molecule has 1 saturated heterocycles. The van der Waals surface area contributed by atoms with Crippen LogP contribution in [0.4, 0.5) is 0 Å². The van der Waals surface area contributed by atoms with Gasteiger partial charge in [0.05, 0.1) is 6.61 Å². The van der Waals surface area contributed by atoms with Crippen molar-refractivity contribution in [2.45, 2.75) is 17.7 Å². The van der Waals surface area contributed by atoms with Crippen LogP contribution in [0.2, 0.25) is 0 Å². The summed E-state index contributed by atoms with van der Waals surface area (Å²) in [6.45, 7) is 0.855. The maximum Gasteiger partial charge on any atom is 0.249 e. The van der Waals surface area contributed by atoms with Gasteiger partial charge in [-0.2, -0.15) is 4.98 Å². The quantitative estimate of drug-likeness (QED) is 0.743. The zero-order valence-electron chi connectivity index (χ0n) is 8.84. The van der Waals surface area contributed by atoms with E-state index in [0.717, 1.165) is 6.26 Å². The Bertz CT molecular complexity index is 475. The number of ether oxygens (including phenoxy) is 1. The summed E-state index contributed by atoms with van der Waals surface area (Å²) in [4.78, 5) is 3.99. The van der Waals surface area contributed by atoms with E-state index in [9.17, 15) is 8.42 Å². The van der Waals surface area contributed by atoms with Crippen LogP contribution in [0.15, 0.2) is 4.52 Å². The predicted octanol–water partition coefficient (Wildman–Crippen LogP) is -0.811. The maximum atomic E-state index is 11.0. The van der Waals surface area contributed by atoms with E-state index < -0.39 is 15.4 Å². The van der Waals surface area contributed by atoms with Gasteiger partial charge in [0.2, 0.25) is 5.89 Å². The molecule has 90 valence electrons. The first kappa shape index (κ1) is 11.5. The zero-order chi connectivity index (χ0) is 11.8. The SMILES string of the molecule is CS(=O)(=O)Cc1noc(C2(N)CCOC2)n1. The number of aromatic nitrogens is 2. The topological polar surface area (TPSA) is 108 Å². The van der Waals surface area contributed by atoms with Gasteiger partial charge in [-0.3, -0.25) is 0 Å². The van der Waals surface area contributed by atoms with Gasteiger partial charge in [-0.15, -0.1) is 0 Å². The first-order valence-corrected chi connectivity index (χ1v) is 6.82. The summed E-state index contributed by atoms with van der Waals surface area (Å²) in [5.41, 5.74) is 5.21. The molecule has 1 aliphatic rings. The Labute approximate surface area is 92.9 Å². The minimum Gasteiger partial charge on any atom is -0.379 e. The van der Waals surface area contributed by atoms with Gasteiger partial charge in [-0.25, -0.2) is 8.42 Å². The van der Waals surface area contributed by atoms with E-state index in [0.29, 0.717) is 19.6 Å². The normalized spacial score (nSPS) is 26.1. The van der Waals surface area contributed by atoms with Crippen LogP contribution in [0, 0.1) is 0 Å². The van der Waals surface area contributed by atoms with Gasteiger partial charge in [0.1, 0.15) is 11.3 Å². The Balaban J connectivity index is 2.19. The Morgan fingerprint density at radius 2 is 2.31 bits per heavy atom. The van der Waals surface area contributed by atoms with E-state index in [1.54, 1.807) is 0 Å². The summed E-state index contributed by atoms with van der Waals surface area (Å²) in [6, 6.07) is 0. The van der Waals surface area contributed by atoms with Crippen molar-refractivity contribution in [3.63, 3.8) is 0 Å². The van der Waals surface area contributed by atoms with E-state index in [1.807, 2.05) is 0 Å². The highest BCUT2D eigenvalue weighted by Crippen LogP contribution is 2.26. The minimum atomic E-state index is -3.16. The second-order valence-electron chi connectivity index (χ2n) is 4.04. The smallest absolute Gasteiger partial charge is 0.249 e. The molecule has 7 nitrogen and oxygen atoms in total. The van der Waals surface area contributed by atoms with Gasteiger partial charge in [-0.1, -0.05) is 5.16 Å². The molecule has 0 saturated carbocycles. The van der Waals surface area contributed by atoms with Crippen LogP contribution in [0.5, 0.6) is 0 Å². The Morgan fingerprint density at radius 3 is 2.88 bits per heavy atom. The molecule has 1 aromatic heterocycles. The summed E-state index contributed by atoms with van der Waals surface area (Å²) in [7, 11) is -3.16. The number of sulfone groups is 1. The number of hydrogen-bond donors (Lipinski definition) is 1. The molecule has 0 bridgehead atoms. The van der Waals surface area contributed by atoms with Crippen LogP contribution >= 0.6 is 0 Å². The highest BCUT2D eigenvalue weighted by atomic mass is 32.2. The molecule has 0 amide bonds. The van der Waals surface area contributed by atoms with Gasteiger partial charge in [0.25, 0.3) is 0 Å². The molecule has 2 heterocycles. The second-order valence-corrected chi connectivity index (χ2v) is 6.18. The Morgan fingerprint density at radius 1 is 1.56 bits per heavy atom. The maximum absolute atomic E-state index is 11.0. The number of hydrogen-bond acceptors (Lipinski definition) is 7. The molecule has 2 rings (SSSR count). The van der Waals surface area contributed by atoms with E-state index >= 15 is 0 Å². The lowest BCUT2D eigenvalue weighted by Crippen LogP contribution is -2.37. The molecule has 0 aliphatic carbocycles. The standard InChI is InChI=1S/C8H13N3O4S/c1-16(12,13)4-6-10-7(15-11-6)8(9)2-3-14-5-8/h2-5,9H2,1H3. The highest BCUT2D eigenvalue weighted by Gasteiger charge is 2.38. The van der Waals surface area contributed by atoms with Crippen molar-refractivity contribution >= 4 is 9.84 Å². The third kappa shape index (κ3) is 2.39. The predicted molar refractivity (Wildman–Crippen MR) is 54.1 cm³/mol. The third-order valence-corrected chi connectivity index (χ3v) is 3.12. The molecule has 1 aliphatic heterocycles. The Kier molecular flexibility index (Phi) is 2.72. The lowest BCUT2D eigenvalue weighted by molar-refractivity contribution is 0.166. The minimum absolute atomic E-state index is 0.134. The molecular weight excluding hydrogens is 234 g/mol. The summed E-state index contributed by atoms with van der Waals surface area (Å²) in [5, 5.41) is 3.59. The van der Waals surface area contributed by atoms with Crippen molar-refractivity contribution in [2.75, 3.05) is 19.5 Å². The first-order chi connectivity index (χ1) is 7.39. The molecule has 8 heteroatoms. The average molecular weight is 247 g/mol. The molecular formula is C8H13N3O4S. The fourth-order valence-electron chi connectivity index (χ4n) is 1.50. The first-order valence-electron chi connectivity index (χ1n) is 4.76. The molecule has 0 aromatic carbocycles. The summed E-state index contributed by atoms with van der Waals surface area (Å²) >= 11 is 0. The number of nitrogens with two attached hydrogens (primary N) is 1. The molecule has 2 N–H and O–H groups in total. The van der Waals surface area contributed by atoms with E-state index in [2.05, 4.69) is 10.1 Å². The fourth-order valence-corrected chi connectivity index (χ4v) is 2.09. The van der Waals surface area contributed by atoms with Gasteiger partial charge in [-0.05, 0) is 6.42 Å². The second kappa shape index (κ2) is 3.79. The fraction of sp³-hybridized carbons (Fsp3) is 0.750. The van der Waals surface area contributed by atoms with Crippen molar-refractivity contribution < 1.29 is 17.7 Å². The molecule has 0 radical (unpaired) electrons. The van der Waals surface area contributed by atoms with E-state index in [-0.39, 0.29) is 17.5 Å².